The molecule has 2 bridgehead atoms. The van der Waals surface area contributed by atoms with Gasteiger partial charge in [-0.1, -0.05) is 12.1 Å². The lowest BCUT2D eigenvalue weighted by atomic mass is 9.75. The zero-order valence-electron chi connectivity index (χ0n) is 14.2. The zero-order valence-corrected chi connectivity index (χ0v) is 14.2. The Balaban J connectivity index is 1.63. The van der Waals surface area contributed by atoms with E-state index in [4.69, 9.17) is 4.74 Å². The number of rotatable bonds is 4. The third-order valence-corrected chi connectivity index (χ3v) is 6.13. The molecule has 0 saturated carbocycles. The van der Waals surface area contributed by atoms with E-state index in [-0.39, 0.29) is 17.6 Å². The molecule has 5 heteroatoms. The van der Waals surface area contributed by atoms with Crippen LogP contribution in [-0.2, 0) is 9.53 Å². The SMILES string of the molecule is COCCC(=O)N1C[C@@H](c2ccc(F)cc2)[C@@H]2[C@H]1C1CCN2CC1. The van der Waals surface area contributed by atoms with Crippen LogP contribution in [0, 0.1) is 11.7 Å². The highest BCUT2D eigenvalue weighted by Gasteiger charge is 2.54. The van der Waals surface area contributed by atoms with Crippen LogP contribution < -0.4 is 0 Å². The first-order valence-electron chi connectivity index (χ1n) is 8.97. The fourth-order valence-electron chi connectivity index (χ4n) is 5.04. The van der Waals surface area contributed by atoms with Gasteiger partial charge in [-0.25, -0.2) is 4.39 Å². The Morgan fingerprint density at radius 1 is 1.21 bits per heavy atom. The summed E-state index contributed by atoms with van der Waals surface area (Å²) in [6.45, 7) is 3.48. The van der Waals surface area contributed by atoms with Crippen molar-refractivity contribution in [1.82, 2.24) is 9.80 Å². The van der Waals surface area contributed by atoms with Crippen LogP contribution >= 0.6 is 0 Å². The molecule has 0 radical (unpaired) electrons. The molecule has 4 aliphatic heterocycles. The van der Waals surface area contributed by atoms with Crippen molar-refractivity contribution >= 4 is 5.91 Å². The Labute approximate surface area is 142 Å². The average Bonchev–Trinajstić information content (AvgIpc) is 3.04. The second-order valence-electron chi connectivity index (χ2n) is 7.30. The maximum atomic E-state index is 13.3. The number of methoxy groups -OCH3 is 1. The molecule has 24 heavy (non-hydrogen) atoms. The highest BCUT2D eigenvalue weighted by atomic mass is 19.1. The minimum atomic E-state index is -0.202. The number of ether oxygens (including phenoxy) is 1. The first-order valence-corrected chi connectivity index (χ1v) is 8.97. The van der Waals surface area contributed by atoms with E-state index in [2.05, 4.69) is 9.80 Å². The van der Waals surface area contributed by atoms with Crippen LogP contribution in [0.25, 0.3) is 0 Å². The van der Waals surface area contributed by atoms with Gasteiger partial charge in [0.1, 0.15) is 5.82 Å². The topological polar surface area (TPSA) is 32.8 Å². The predicted molar refractivity (Wildman–Crippen MR) is 89.2 cm³/mol. The van der Waals surface area contributed by atoms with E-state index in [1.165, 1.54) is 25.0 Å². The number of hydrogen-bond donors (Lipinski definition) is 0. The fraction of sp³-hybridized carbons (Fsp3) is 0.632. The molecule has 4 heterocycles. The highest BCUT2D eigenvalue weighted by Crippen LogP contribution is 2.46. The molecule has 0 spiro atoms. The number of piperidine rings is 3. The molecule has 1 amide bonds. The molecule has 5 rings (SSSR count). The van der Waals surface area contributed by atoms with Gasteiger partial charge in [-0.15, -0.1) is 0 Å². The van der Waals surface area contributed by atoms with Crippen LogP contribution in [0.15, 0.2) is 24.3 Å². The molecule has 0 unspecified atom stereocenters. The molecule has 4 nitrogen and oxygen atoms in total. The van der Waals surface area contributed by atoms with Crippen LogP contribution in [0.1, 0.15) is 30.7 Å². The van der Waals surface area contributed by atoms with Gasteiger partial charge in [-0.05, 0) is 49.5 Å². The average molecular weight is 332 g/mol. The molecule has 4 saturated heterocycles. The number of fused-ring (bicyclic) bond motifs is 2. The van der Waals surface area contributed by atoms with Crippen molar-refractivity contribution in [3.05, 3.63) is 35.6 Å². The van der Waals surface area contributed by atoms with E-state index in [1.54, 1.807) is 7.11 Å². The molecular formula is C19H25FN2O2. The summed E-state index contributed by atoms with van der Waals surface area (Å²) in [5.74, 6) is 0.888. The molecule has 1 aromatic carbocycles. The van der Waals surface area contributed by atoms with Gasteiger partial charge in [0.15, 0.2) is 0 Å². The number of hydrogen-bond acceptors (Lipinski definition) is 3. The van der Waals surface area contributed by atoms with Gasteiger partial charge in [0.2, 0.25) is 5.91 Å². The van der Waals surface area contributed by atoms with Crippen molar-refractivity contribution in [1.29, 1.82) is 0 Å². The number of carbonyl (C=O) groups excluding carboxylic acids is 1. The molecule has 0 aromatic heterocycles. The van der Waals surface area contributed by atoms with Crippen molar-refractivity contribution < 1.29 is 13.9 Å². The lowest BCUT2D eigenvalue weighted by molar-refractivity contribution is -0.136. The number of amides is 1. The summed E-state index contributed by atoms with van der Waals surface area (Å²) in [6, 6.07) is 7.56. The zero-order chi connectivity index (χ0) is 16.7. The summed E-state index contributed by atoms with van der Waals surface area (Å²) in [4.78, 5) is 17.4. The Hall–Kier alpha value is -1.46. The van der Waals surface area contributed by atoms with Gasteiger partial charge in [-0.2, -0.15) is 0 Å². The van der Waals surface area contributed by atoms with Crippen molar-refractivity contribution in [2.45, 2.75) is 37.3 Å². The number of benzene rings is 1. The van der Waals surface area contributed by atoms with Crippen molar-refractivity contribution in [2.75, 3.05) is 33.4 Å². The van der Waals surface area contributed by atoms with Crippen LogP contribution in [0.5, 0.6) is 0 Å². The molecule has 1 aromatic rings. The van der Waals surface area contributed by atoms with Gasteiger partial charge in [0, 0.05) is 25.6 Å². The maximum Gasteiger partial charge on any atom is 0.225 e. The number of carbonyl (C=O) groups is 1. The minimum absolute atomic E-state index is 0.199. The Morgan fingerprint density at radius 2 is 1.92 bits per heavy atom. The predicted octanol–water partition coefficient (Wildman–Crippen LogP) is 2.25. The van der Waals surface area contributed by atoms with Gasteiger partial charge in [-0.3, -0.25) is 9.69 Å². The van der Waals surface area contributed by atoms with Gasteiger partial charge < -0.3 is 9.64 Å². The molecule has 0 N–H and O–H groups in total. The molecule has 4 fully saturated rings. The largest absolute Gasteiger partial charge is 0.384 e. The van der Waals surface area contributed by atoms with Crippen LogP contribution in [0.2, 0.25) is 0 Å². The smallest absolute Gasteiger partial charge is 0.225 e. The lowest BCUT2D eigenvalue weighted by Crippen LogP contribution is -2.60. The number of halogens is 1. The maximum absolute atomic E-state index is 13.3. The summed E-state index contributed by atoms with van der Waals surface area (Å²) >= 11 is 0. The molecule has 0 aliphatic carbocycles. The van der Waals surface area contributed by atoms with E-state index >= 15 is 0 Å². The Kier molecular flexibility index (Phi) is 4.31. The summed E-state index contributed by atoms with van der Waals surface area (Å²) in [5.41, 5.74) is 1.15. The van der Waals surface area contributed by atoms with E-state index in [0.29, 0.717) is 31.0 Å². The summed E-state index contributed by atoms with van der Waals surface area (Å²) < 4.78 is 18.4. The first kappa shape index (κ1) is 16.0. The highest BCUT2D eigenvalue weighted by molar-refractivity contribution is 5.77. The Bertz CT molecular complexity index is 598. The first-order chi connectivity index (χ1) is 11.7. The Morgan fingerprint density at radius 3 is 2.58 bits per heavy atom. The van der Waals surface area contributed by atoms with E-state index in [9.17, 15) is 9.18 Å². The van der Waals surface area contributed by atoms with E-state index < -0.39 is 0 Å². The van der Waals surface area contributed by atoms with Crippen molar-refractivity contribution in [3.8, 4) is 0 Å². The third kappa shape index (κ3) is 2.64. The van der Waals surface area contributed by atoms with E-state index in [0.717, 1.165) is 25.2 Å². The van der Waals surface area contributed by atoms with Crippen LogP contribution in [0.4, 0.5) is 4.39 Å². The summed E-state index contributed by atoms with van der Waals surface area (Å²) in [7, 11) is 1.63. The standard InChI is InChI=1S/C19H25FN2O2/c1-24-11-8-17(23)22-12-16(13-2-4-15(20)5-3-13)19-18(22)14-6-9-21(19)10-7-14/h2-5,14,16,18-19H,6-12H2,1H3/t16-,18+,19+/m0/s1. The fourth-order valence-corrected chi connectivity index (χ4v) is 5.04. The summed E-state index contributed by atoms with van der Waals surface area (Å²) in [5, 5.41) is 0. The molecule has 4 aliphatic rings. The van der Waals surface area contributed by atoms with Crippen LogP contribution in [-0.4, -0.2) is 61.1 Å². The van der Waals surface area contributed by atoms with Gasteiger partial charge >= 0.3 is 0 Å². The molecule has 130 valence electrons. The van der Waals surface area contributed by atoms with Crippen molar-refractivity contribution in [3.63, 3.8) is 0 Å². The lowest BCUT2D eigenvalue weighted by Gasteiger charge is -2.51. The van der Waals surface area contributed by atoms with Crippen LogP contribution in [0.3, 0.4) is 0 Å². The molecule has 3 atom stereocenters. The van der Waals surface area contributed by atoms with Gasteiger partial charge in [0.05, 0.1) is 19.1 Å². The quantitative estimate of drug-likeness (QED) is 0.848. The monoisotopic (exact) mass is 332 g/mol. The van der Waals surface area contributed by atoms with Gasteiger partial charge in [0.25, 0.3) is 0 Å². The van der Waals surface area contributed by atoms with E-state index in [1.807, 2.05) is 12.1 Å². The second kappa shape index (κ2) is 6.45. The number of nitrogens with zero attached hydrogens (tertiary/aromatic N) is 2. The number of likely N-dealkylation sites (tertiary alicyclic amines) is 1. The molecular weight excluding hydrogens is 307 g/mol. The summed E-state index contributed by atoms with van der Waals surface area (Å²) in [6.07, 6.45) is 2.82. The second-order valence-corrected chi connectivity index (χ2v) is 7.30. The minimum Gasteiger partial charge on any atom is -0.384 e. The normalized spacial score (nSPS) is 34.4. The third-order valence-electron chi connectivity index (χ3n) is 6.13. The van der Waals surface area contributed by atoms with Crippen molar-refractivity contribution in [2.24, 2.45) is 5.92 Å².